The SMILES string of the molecule is N#Cc1ccc(-c2c(-n3c4ccc(-n5c6ccccc6c6ccccc65)cc4c4cc(-n5c6ccccc6c6ccccc65)ccc43)cccc2-n2c3ccc(-n4c5ccccc5c5ccccc54)cc3c3cc(-n4c5ccccc5c5ccccc54)ccc32)cc1. The van der Waals surface area contributed by atoms with E-state index < -0.39 is 0 Å². The first-order valence-electron chi connectivity index (χ1n) is 31.4. The van der Waals surface area contributed by atoms with Crippen molar-refractivity contribution in [2.24, 2.45) is 0 Å². The number of benzene rings is 14. The molecule has 0 aliphatic heterocycles. The number of hydrogen-bond donors (Lipinski definition) is 0. The van der Waals surface area contributed by atoms with E-state index in [9.17, 15) is 5.26 Å². The Labute approximate surface area is 526 Å². The number of hydrogen-bond acceptors (Lipinski definition) is 1. The van der Waals surface area contributed by atoms with E-state index in [-0.39, 0.29) is 0 Å². The lowest BCUT2D eigenvalue weighted by Crippen LogP contribution is -2.04. The van der Waals surface area contributed by atoms with Crippen molar-refractivity contribution in [1.29, 1.82) is 5.26 Å². The molecular weight excluding hydrogens is 1120 g/mol. The van der Waals surface area contributed by atoms with Crippen LogP contribution in [0, 0.1) is 11.3 Å². The zero-order valence-electron chi connectivity index (χ0n) is 49.6. The molecule has 0 aliphatic carbocycles. The molecule has 0 bridgehead atoms. The second-order valence-corrected chi connectivity index (χ2v) is 24.3. The van der Waals surface area contributed by atoms with Gasteiger partial charge in [0.05, 0.1) is 89.2 Å². The van der Waals surface area contributed by atoms with Crippen molar-refractivity contribution in [3.63, 3.8) is 0 Å². The van der Waals surface area contributed by atoms with Crippen LogP contribution in [0.3, 0.4) is 0 Å². The normalized spacial score (nSPS) is 12.1. The summed E-state index contributed by atoms with van der Waals surface area (Å²) in [4.78, 5) is 0. The van der Waals surface area contributed by atoms with Crippen LogP contribution in [0.5, 0.6) is 0 Å². The predicted molar refractivity (Wildman–Crippen MR) is 383 cm³/mol. The molecule has 0 aliphatic rings. The highest BCUT2D eigenvalue weighted by molar-refractivity contribution is 6.17. The Morgan fingerprint density at radius 3 is 0.663 bits per heavy atom. The van der Waals surface area contributed by atoms with Crippen molar-refractivity contribution in [3.05, 3.63) is 315 Å². The monoisotopic (exact) mass is 1170 g/mol. The summed E-state index contributed by atoms with van der Waals surface area (Å²) in [6, 6.07) is 116. The fraction of sp³-hybridized carbons (Fsp3) is 0. The molecule has 7 nitrogen and oxygen atoms in total. The van der Waals surface area contributed by atoms with Gasteiger partial charge in [0.2, 0.25) is 0 Å². The summed E-state index contributed by atoms with van der Waals surface area (Å²) in [6.45, 7) is 0. The number of nitrogens with zero attached hydrogens (tertiary/aromatic N) is 7. The Balaban J connectivity index is 0.886. The minimum absolute atomic E-state index is 0.604. The van der Waals surface area contributed by atoms with Gasteiger partial charge in [-0.3, -0.25) is 0 Å². The minimum Gasteiger partial charge on any atom is -0.309 e. The van der Waals surface area contributed by atoms with Crippen molar-refractivity contribution in [1.82, 2.24) is 27.4 Å². The summed E-state index contributed by atoms with van der Waals surface area (Å²) in [5.74, 6) is 0. The summed E-state index contributed by atoms with van der Waals surface area (Å²) < 4.78 is 14.7. The molecule has 14 aromatic carbocycles. The molecule has 0 atom stereocenters. The number of para-hydroxylation sites is 8. The van der Waals surface area contributed by atoms with E-state index in [1.165, 1.54) is 43.1 Å². The van der Waals surface area contributed by atoms with Gasteiger partial charge in [-0.1, -0.05) is 164 Å². The van der Waals surface area contributed by atoms with Crippen LogP contribution in [0.15, 0.2) is 309 Å². The molecule has 6 heterocycles. The van der Waals surface area contributed by atoms with Crippen molar-refractivity contribution in [3.8, 4) is 51.3 Å². The molecule has 92 heavy (non-hydrogen) atoms. The predicted octanol–water partition coefficient (Wildman–Crippen LogP) is 21.8. The van der Waals surface area contributed by atoms with Crippen LogP contribution in [0.1, 0.15) is 5.56 Å². The lowest BCUT2D eigenvalue weighted by Gasteiger charge is -2.20. The maximum Gasteiger partial charge on any atom is 0.0991 e. The molecule has 0 radical (unpaired) electrons. The van der Waals surface area contributed by atoms with Crippen LogP contribution in [-0.2, 0) is 0 Å². The number of fused-ring (bicyclic) bond motifs is 18. The summed E-state index contributed by atoms with van der Waals surface area (Å²) in [6.07, 6.45) is 0. The summed E-state index contributed by atoms with van der Waals surface area (Å²) in [5.41, 5.74) is 22.6. The van der Waals surface area contributed by atoms with E-state index in [0.29, 0.717) is 5.56 Å². The second-order valence-electron chi connectivity index (χ2n) is 24.3. The van der Waals surface area contributed by atoms with Crippen molar-refractivity contribution in [2.75, 3.05) is 0 Å². The molecule has 0 spiro atoms. The molecule has 0 saturated carbocycles. The Hall–Kier alpha value is -12.6. The van der Waals surface area contributed by atoms with Crippen LogP contribution in [-0.4, -0.2) is 27.4 Å². The highest BCUT2D eigenvalue weighted by Crippen LogP contribution is 2.46. The summed E-state index contributed by atoms with van der Waals surface area (Å²) in [5, 5.41) is 24.6. The van der Waals surface area contributed by atoms with E-state index in [2.05, 4.69) is 331 Å². The van der Waals surface area contributed by atoms with Crippen LogP contribution in [0.4, 0.5) is 0 Å². The number of aromatic nitrogens is 6. The third-order valence-electron chi connectivity index (χ3n) is 19.6. The Bertz CT molecular complexity index is 5660. The summed E-state index contributed by atoms with van der Waals surface area (Å²) >= 11 is 0. The molecule has 7 heteroatoms. The average molecular weight is 1170 g/mol. The van der Waals surface area contributed by atoms with Crippen molar-refractivity contribution < 1.29 is 0 Å². The fourth-order valence-electron chi connectivity index (χ4n) is 15.8. The smallest absolute Gasteiger partial charge is 0.0991 e. The molecule has 6 aromatic heterocycles. The van der Waals surface area contributed by atoms with Gasteiger partial charge >= 0.3 is 0 Å². The van der Waals surface area contributed by atoms with Gasteiger partial charge in [-0.2, -0.15) is 5.26 Å². The first-order chi connectivity index (χ1) is 45.6. The van der Waals surface area contributed by atoms with Gasteiger partial charge in [-0.25, -0.2) is 0 Å². The van der Waals surface area contributed by atoms with E-state index in [1.807, 2.05) is 12.1 Å². The molecule has 0 fully saturated rings. The van der Waals surface area contributed by atoms with Crippen molar-refractivity contribution >= 4 is 131 Å². The van der Waals surface area contributed by atoms with Gasteiger partial charge in [0.25, 0.3) is 0 Å². The van der Waals surface area contributed by atoms with E-state index in [1.54, 1.807) is 0 Å². The van der Waals surface area contributed by atoms with Crippen LogP contribution >= 0.6 is 0 Å². The maximum atomic E-state index is 10.3. The third kappa shape index (κ3) is 7.03. The van der Waals surface area contributed by atoms with Gasteiger partial charge < -0.3 is 27.4 Å². The molecular formula is C85H51N7. The molecule has 426 valence electrons. The maximum absolute atomic E-state index is 10.3. The largest absolute Gasteiger partial charge is 0.309 e. The van der Waals surface area contributed by atoms with E-state index in [4.69, 9.17) is 0 Å². The molecule has 20 aromatic rings. The third-order valence-corrected chi connectivity index (χ3v) is 19.6. The summed E-state index contributed by atoms with van der Waals surface area (Å²) in [7, 11) is 0. The molecule has 0 unspecified atom stereocenters. The van der Waals surface area contributed by atoms with Gasteiger partial charge in [-0.15, -0.1) is 0 Å². The Kier molecular flexibility index (Phi) is 10.5. The number of rotatable bonds is 7. The van der Waals surface area contributed by atoms with E-state index >= 15 is 0 Å². The van der Waals surface area contributed by atoms with Gasteiger partial charge in [0.1, 0.15) is 0 Å². The Morgan fingerprint density at radius 2 is 0.424 bits per heavy atom. The van der Waals surface area contributed by atoms with Crippen LogP contribution in [0.25, 0.3) is 176 Å². The fourth-order valence-corrected chi connectivity index (χ4v) is 15.8. The topological polar surface area (TPSA) is 53.4 Å². The Morgan fingerprint density at radius 1 is 0.196 bits per heavy atom. The minimum atomic E-state index is 0.604. The highest BCUT2D eigenvalue weighted by atomic mass is 15.0. The standard InChI is InChI=1S/C85H51N7/c86-52-53-36-38-54(39-37-53)85-83(91-79-44-40-55(87-71-26-9-1-18-59(71)60-19-2-10-27-72(60)87)48-67(79)68-49-56(41-45-80(68)91)88-73-28-11-3-20-61(73)62-21-4-12-29-74(62)88)34-17-35-84(85)92-81-46-42-57(89-75-30-13-5-22-63(75)64-23-6-14-31-76(64)89)50-69(81)70-51-58(43-47-82(70)92)90-77-32-15-7-24-65(77)66-25-8-16-33-78(66)90/h1-51H. The van der Waals surface area contributed by atoms with Gasteiger partial charge in [0.15, 0.2) is 0 Å². The van der Waals surface area contributed by atoms with E-state index in [0.717, 1.165) is 133 Å². The molecule has 20 rings (SSSR count). The average Bonchev–Trinajstić information content (AvgIpc) is 1.81. The van der Waals surface area contributed by atoms with Gasteiger partial charge in [-0.05, 0) is 151 Å². The first-order valence-corrected chi connectivity index (χ1v) is 31.4. The van der Waals surface area contributed by atoms with Crippen LogP contribution < -0.4 is 0 Å². The highest BCUT2D eigenvalue weighted by Gasteiger charge is 2.26. The zero-order valence-corrected chi connectivity index (χ0v) is 49.6. The molecule has 0 saturated heterocycles. The quantitative estimate of drug-likeness (QED) is 0.157. The first kappa shape index (κ1) is 50.4. The second kappa shape index (κ2) is 19.2. The van der Waals surface area contributed by atoms with Crippen molar-refractivity contribution in [2.45, 2.75) is 0 Å². The molecule has 0 amide bonds. The zero-order chi connectivity index (χ0) is 60.3. The lowest BCUT2D eigenvalue weighted by atomic mass is 9.99. The molecule has 0 N–H and O–H groups in total. The number of nitriles is 1. The van der Waals surface area contributed by atoms with Crippen LogP contribution in [0.2, 0.25) is 0 Å². The lowest BCUT2D eigenvalue weighted by molar-refractivity contribution is 1.13. The van der Waals surface area contributed by atoms with Gasteiger partial charge in [0, 0.05) is 92.9 Å².